The van der Waals surface area contributed by atoms with Gasteiger partial charge in [-0.2, -0.15) is 0 Å². The average molecular weight is 288 g/mol. The lowest BCUT2D eigenvalue weighted by atomic mass is 10.4. The molecule has 0 amide bonds. The summed E-state index contributed by atoms with van der Waals surface area (Å²) < 4.78 is 6.08. The Morgan fingerprint density at radius 1 is 1.67 bits per heavy atom. The number of rotatable bonds is 2. The highest BCUT2D eigenvalue weighted by Gasteiger charge is 2.17. The van der Waals surface area contributed by atoms with Crippen LogP contribution in [0.2, 0.25) is 0 Å². The number of halogens is 1. The van der Waals surface area contributed by atoms with Crippen LogP contribution < -0.4 is 0 Å². The van der Waals surface area contributed by atoms with E-state index in [4.69, 9.17) is 9.52 Å². The molecule has 15 heavy (non-hydrogen) atoms. The predicted octanol–water partition coefficient (Wildman–Crippen LogP) is 3.17. The molecular weight excluding hydrogens is 282 g/mol. The fraction of sp³-hybridized carbons (Fsp3) is 0.111. The topological polar surface area (TPSA) is 63.3 Å². The van der Waals surface area contributed by atoms with Gasteiger partial charge in [0, 0.05) is 9.85 Å². The van der Waals surface area contributed by atoms with E-state index in [0.29, 0.717) is 11.6 Å². The number of aryl methyl sites for hydroxylation is 1. The third-order valence-corrected chi connectivity index (χ3v) is 3.45. The van der Waals surface area contributed by atoms with E-state index >= 15 is 0 Å². The van der Waals surface area contributed by atoms with Crippen molar-refractivity contribution in [2.75, 3.05) is 0 Å². The van der Waals surface area contributed by atoms with Crippen LogP contribution in [0.25, 0.3) is 10.8 Å². The van der Waals surface area contributed by atoms with E-state index in [9.17, 15) is 4.79 Å². The summed E-state index contributed by atoms with van der Waals surface area (Å²) in [4.78, 5) is 15.6. The first-order valence-corrected chi connectivity index (χ1v) is 5.70. The Hall–Kier alpha value is -1.14. The van der Waals surface area contributed by atoms with Crippen LogP contribution in [0.15, 0.2) is 20.3 Å². The average Bonchev–Trinajstić information content (AvgIpc) is 2.71. The monoisotopic (exact) mass is 287 g/mol. The predicted molar refractivity (Wildman–Crippen MR) is 59.2 cm³/mol. The fourth-order valence-electron chi connectivity index (χ4n) is 1.13. The molecule has 0 unspecified atom stereocenters. The van der Waals surface area contributed by atoms with Gasteiger partial charge in [-0.1, -0.05) is 0 Å². The van der Waals surface area contributed by atoms with Crippen LogP contribution in [0.3, 0.4) is 0 Å². The van der Waals surface area contributed by atoms with E-state index < -0.39 is 5.97 Å². The number of carboxylic acids is 1. The molecule has 78 valence electrons. The van der Waals surface area contributed by atoms with E-state index in [-0.39, 0.29) is 5.76 Å². The molecule has 4 nitrogen and oxygen atoms in total. The number of carbonyl (C=O) groups is 1. The van der Waals surface area contributed by atoms with Crippen LogP contribution in [0.1, 0.15) is 16.2 Å². The van der Waals surface area contributed by atoms with Crippen molar-refractivity contribution in [3.8, 4) is 10.8 Å². The molecule has 6 heteroatoms. The second-order valence-electron chi connectivity index (χ2n) is 2.87. The van der Waals surface area contributed by atoms with E-state index in [2.05, 4.69) is 20.9 Å². The van der Waals surface area contributed by atoms with Crippen LogP contribution >= 0.6 is 27.3 Å². The quantitative estimate of drug-likeness (QED) is 0.921. The normalized spacial score (nSPS) is 10.5. The van der Waals surface area contributed by atoms with Gasteiger partial charge < -0.3 is 9.52 Å². The number of hydrogen-bond acceptors (Lipinski definition) is 4. The van der Waals surface area contributed by atoms with Gasteiger partial charge in [0.15, 0.2) is 0 Å². The summed E-state index contributed by atoms with van der Waals surface area (Å²) in [5.74, 6) is -0.850. The Morgan fingerprint density at radius 2 is 2.40 bits per heavy atom. The summed E-state index contributed by atoms with van der Waals surface area (Å²) >= 11 is 4.75. The molecule has 0 fully saturated rings. The number of thiophene rings is 1. The largest absolute Gasteiger partial charge is 0.475 e. The molecule has 0 spiro atoms. The van der Waals surface area contributed by atoms with Crippen LogP contribution in [0.4, 0.5) is 0 Å². The van der Waals surface area contributed by atoms with Gasteiger partial charge in [-0.05, 0) is 28.9 Å². The summed E-state index contributed by atoms with van der Waals surface area (Å²) in [7, 11) is 0. The van der Waals surface area contributed by atoms with Gasteiger partial charge in [0.25, 0.3) is 0 Å². The third kappa shape index (κ3) is 1.95. The van der Waals surface area contributed by atoms with Crippen molar-refractivity contribution in [1.82, 2.24) is 4.98 Å². The highest BCUT2D eigenvalue weighted by molar-refractivity contribution is 9.10. The smallest absolute Gasteiger partial charge is 0.373 e. The second kappa shape index (κ2) is 3.79. The lowest BCUT2D eigenvalue weighted by Crippen LogP contribution is -1.95. The molecule has 0 aliphatic heterocycles. The van der Waals surface area contributed by atoms with Gasteiger partial charge in [0.2, 0.25) is 11.7 Å². The molecule has 0 bridgehead atoms. The van der Waals surface area contributed by atoms with Gasteiger partial charge >= 0.3 is 5.97 Å². The fourth-order valence-corrected chi connectivity index (χ4v) is 2.48. The van der Waals surface area contributed by atoms with Crippen molar-refractivity contribution in [3.05, 3.63) is 27.4 Å². The molecule has 0 aliphatic carbocycles. The third-order valence-electron chi connectivity index (χ3n) is 1.77. The standard InChI is InChI=1S/C9H6BrNO3S/c1-4-7(9(12)13)14-8(11-4)6-2-5(10)3-15-6/h2-3H,1H3,(H,12,13). The molecular formula is C9H6BrNO3S. The second-order valence-corrected chi connectivity index (χ2v) is 4.69. The van der Waals surface area contributed by atoms with Gasteiger partial charge in [-0.15, -0.1) is 11.3 Å². The Balaban J connectivity index is 2.46. The Morgan fingerprint density at radius 3 is 2.87 bits per heavy atom. The summed E-state index contributed by atoms with van der Waals surface area (Å²) in [5.41, 5.74) is 0.391. The van der Waals surface area contributed by atoms with E-state index in [1.807, 2.05) is 11.4 Å². The van der Waals surface area contributed by atoms with Crippen molar-refractivity contribution in [2.45, 2.75) is 6.92 Å². The zero-order chi connectivity index (χ0) is 11.0. The maximum absolute atomic E-state index is 10.7. The maximum atomic E-state index is 10.7. The Labute approximate surface area is 97.7 Å². The zero-order valence-corrected chi connectivity index (χ0v) is 10.1. The van der Waals surface area contributed by atoms with Crippen LogP contribution in [-0.4, -0.2) is 16.1 Å². The van der Waals surface area contributed by atoms with E-state index in [0.717, 1.165) is 9.35 Å². The minimum Gasteiger partial charge on any atom is -0.475 e. The molecule has 2 aromatic rings. The van der Waals surface area contributed by atoms with Crippen molar-refractivity contribution in [3.63, 3.8) is 0 Å². The number of nitrogens with zero attached hydrogens (tertiary/aromatic N) is 1. The van der Waals surface area contributed by atoms with Crippen molar-refractivity contribution in [2.24, 2.45) is 0 Å². The molecule has 0 atom stereocenters. The van der Waals surface area contributed by atoms with E-state index in [1.165, 1.54) is 11.3 Å². The van der Waals surface area contributed by atoms with Gasteiger partial charge in [-0.3, -0.25) is 0 Å². The molecule has 0 radical (unpaired) electrons. The molecule has 2 heterocycles. The number of carboxylic acid groups (broad SMARTS) is 1. The lowest BCUT2D eigenvalue weighted by molar-refractivity contribution is 0.0662. The molecule has 0 aromatic carbocycles. The highest BCUT2D eigenvalue weighted by Crippen LogP contribution is 2.30. The summed E-state index contributed by atoms with van der Waals surface area (Å²) in [6.45, 7) is 1.61. The first kappa shape index (κ1) is 10.4. The number of hydrogen-bond donors (Lipinski definition) is 1. The number of oxazole rings is 1. The molecule has 1 N–H and O–H groups in total. The minimum absolute atomic E-state index is 0.102. The summed E-state index contributed by atoms with van der Waals surface area (Å²) in [5, 5.41) is 10.7. The van der Waals surface area contributed by atoms with Gasteiger partial charge in [0.05, 0.1) is 10.6 Å². The zero-order valence-electron chi connectivity index (χ0n) is 7.65. The molecule has 0 aliphatic rings. The highest BCUT2D eigenvalue weighted by atomic mass is 79.9. The van der Waals surface area contributed by atoms with Crippen molar-refractivity contribution >= 4 is 33.2 Å². The summed E-state index contributed by atoms with van der Waals surface area (Å²) in [6.07, 6.45) is 0. The lowest BCUT2D eigenvalue weighted by Gasteiger charge is -1.86. The van der Waals surface area contributed by atoms with Crippen LogP contribution in [0.5, 0.6) is 0 Å². The molecule has 2 rings (SSSR count). The first-order valence-electron chi connectivity index (χ1n) is 4.03. The van der Waals surface area contributed by atoms with Gasteiger partial charge in [-0.25, -0.2) is 9.78 Å². The number of aromatic nitrogens is 1. The SMILES string of the molecule is Cc1nc(-c2cc(Br)cs2)oc1C(=O)O. The first-order chi connectivity index (χ1) is 7.08. The Kier molecular flexibility index (Phi) is 2.62. The number of aromatic carboxylic acids is 1. The van der Waals surface area contributed by atoms with Crippen molar-refractivity contribution in [1.29, 1.82) is 0 Å². The maximum Gasteiger partial charge on any atom is 0.373 e. The summed E-state index contributed by atoms with van der Waals surface area (Å²) in [6, 6.07) is 1.83. The molecule has 0 saturated heterocycles. The van der Waals surface area contributed by atoms with Gasteiger partial charge in [0.1, 0.15) is 0 Å². The van der Waals surface area contributed by atoms with Crippen LogP contribution in [0, 0.1) is 6.92 Å². The molecule has 2 aromatic heterocycles. The van der Waals surface area contributed by atoms with Crippen molar-refractivity contribution < 1.29 is 14.3 Å². The van der Waals surface area contributed by atoms with E-state index in [1.54, 1.807) is 6.92 Å². The minimum atomic E-state index is -1.10. The molecule has 0 saturated carbocycles. The Bertz CT molecular complexity index is 517. The van der Waals surface area contributed by atoms with Crippen LogP contribution in [-0.2, 0) is 0 Å².